The Morgan fingerprint density at radius 2 is 2.10 bits per heavy atom. The molecule has 2 aliphatic carbocycles. The molecule has 1 aromatic carbocycles. The highest BCUT2D eigenvalue weighted by atomic mass is 16.2. The van der Waals surface area contributed by atoms with Crippen molar-refractivity contribution < 1.29 is 4.79 Å². The van der Waals surface area contributed by atoms with Crippen molar-refractivity contribution in [2.24, 2.45) is 11.7 Å². The number of nitrogens with two attached hydrogens (primary N) is 1. The molecular formula is C17H24N2O. The Bertz CT molecular complexity index is 496. The molecule has 108 valence electrons. The van der Waals surface area contributed by atoms with E-state index in [2.05, 4.69) is 18.2 Å². The van der Waals surface area contributed by atoms with Crippen LogP contribution < -0.4 is 5.73 Å². The minimum atomic E-state index is 0.0396. The highest BCUT2D eigenvalue weighted by Crippen LogP contribution is 2.37. The summed E-state index contributed by atoms with van der Waals surface area (Å²) < 4.78 is 0. The SMILES string of the molecule is CN(C(=O)C1CCCc2ccccc21)C(CN)C1CC1. The fourth-order valence-electron chi connectivity index (χ4n) is 3.57. The van der Waals surface area contributed by atoms with Crippen molar-refractivity contribution in [3.63, 3.8) is 0 Å². The Kier molecular flexibility index (Phi) is 3.79. The minimum Gasteiger partial charge on any atom is -0.341 e. The molecule has 1 amide bonds. The van der Waals surface area contributed by atoms with Gasteiger partial charge in [-0.2, -0.15) is 0 Å². The molecule has 0 heterocycles. The molecule has 2 atom stereocenters. The van der Waals surface area contributed by atoms with Crippen LogP contribution in [0.15, 0.2) is 24.3 Å². The smallest absolute Gasteiger partial charge is 0.230 e. The van der Waals surface area contributed by atoms with Crippen molar-refractivity contribution in [3.05, 3.63) is 35.4 Å². The molecule has 0 aromatic heterocycles. The predicted molar refractivity (Wildman–Crippen MR) is 80.5 cm³/mol. The van der Waals surface area contributed by atoms with Gasteiger partial charge in [-0.05, 0) is 49.1 Å². The molecule has 3 heteroatoms. The lowest BCUT2D eigenvalue weighted by Gasteiger charge is -2.33. The molecule has 3 rings (SSSR count). The molecule has 1 fully saturated rings. The van der Waals surface area contributed by atoms with Gasteiger partial charge >= 0.3 is 0 Å². The first-order valence-corrected chi connectivity index (χ1v) is 7.77. The van der Waals surface area contributed by atoms with Crippen LogP contribution in [0, 0.1) is 5.92 Å². The highest BCUT2D eigenvalue weighted by Gasteiger charge is 2.37. The quantitative estimate of drug-likeness (QED) is 0.914. The zero-order valence-corrected chi connectivity index (χ0v) is 12.2. The maximum atomic E-state index is 12.9. The molecule has 0 saturated heterocycles. The first-order chi connectivity index (χ1) is 9.72. The van der Waals surface area contributed by atoms with Gasteiger partial charge in [-0.1, -0.05) is 24.3 Å². The molecule has 2 unspecified atom stereocenters. The molecule has 3 nitrogen and oxygen atoms in total. The summed E-state index contributed by atoms with van der Waals surface area (Å²) in [5.74, 6) is 0.935. The third-order valence-electron chi connectivity index (χ3n) is 4.92. The molecule has 0 aliphatic heterocycles. The van der Waals surface area contributed by atoms with Crippen LogP contribution in [0.2, 0.25) is 0 Å². The Labute approximate surface area is 121 Å². The molecule has 0 radical (unpaired) electrons. The monoisotopic (exact) mass is 272 g/mol. The molecule has 0 bridgehead atoms. The number of carbonyl (C=O) groups excluding carboxylic acids is 1. The number of hydrogen-bond donors (Lipinski definition) is 1. The number of rotatable bonds is 4. The molecule has 1 saturated carbocycles. The van der Waals surface area contributed by atoms with E-state index in [0.717, 1.165) is 19.3 Å². The molecule has 20 heavy (non-hydrogen) atoms. The Hall–Kier alpha value is -1.35. The van der Waals surface area contributed by atoms with Gasteiger partial charge in [0.2, 0.25) is 5.91 Å². The van der Waals surface area contributed by atoms with Gasteiger partial charge in [0, 0.05) is 19.6 Å². The number of benzene rings is 1. The lowest BCUT2D eigenvalue weighted by atomic mass is 9.82. The average Bonchev–Trinajstić information content (AvgIpc) is 3.31. The van der Waals surface area contributed by atoms with E-state index in [1.165, 1.54) is 24.0 Å². The van der Waals surface area contributed by atoms with Gasteiger partial charge in [0.05, 0.1) is 5.92 Å². The number of amides is 1. The summed E-state index contributed by atoms with van der Waals surface area (Å²) in [6.45, 7) is 0.585. The summed E-state index contributed by atoms with van der Waals surface area (Å²) in [7, 11) is 1.94. The van der Waals surface area contributed by atoms with Crippen molar-refractivity contribution in [1.29, 1.82) is 0 Å². The number of fused-ring (bicyclic) bond motifs is 1. The largest absolute Gasteiger partial charge is 0.341 e. The summed E-state index contributed by atoms with van der Waals surface area (Å²) in [5.41, 5.74) is 8.47. The van der Waals surface area contributed by atoms with E-state index in [-0.39, 0.29) is 17.9 Å². The summed E-state index contributed by atoms with van der Waals surface area (Å²) in [4.78, 5) is 14.8. The maximum absolute atomic E-state index is 12.9. The lowest BCUT2D eigenvalue weighted by Crippen LogP contribution is -2.45. The van der Waals surface area contributed by atoms with Gasteiger partial charge in [0.1, 0.15) is 0 Å². The fraction of sp³-hybridized carbons (Fsp3) is 0.588. The summed E-state index contributed by atoms with van der Waals surface area (Å²) in [6, 6.07) is 8.64. The van der Waals surface area contributed by atoms with Gasteiger partial charge in [-0.3, -0.25) is 4.79 Å². The summed E-state index contributed by atoms with van der Waals surface area (Å²) in [6.07, 6.45) is 5.63. The second-order valence-electron chi connectivity index (χ2n) is 6.23. The Morgan fingerprint density at radius 1 is 1.35 bits per heavy atom. The third-order valence-corrected chi connectivity index (χ3v) is 4.92. The second kappa shape index (κ2) is 5.57. The minimum absolute atomic E-state index is 0.0396. The highest BCUT2D eigenvalue weighted by molar-refractivity contribution is 5.84. The van der Waals surface area contributed by atoms with E-state index in [4.69, 9.17) is 5.73 Å². The Balaban J connectivity index is 1.80. The molecule has 1 aromatic rings. The van der Waals surface area contributed by atoms with E-state index in [1.807, 2.05) is 18.0 Å². The topological polar surface area (TPSA) is 46.3 Å². The van der Waals surface area contributed by atoms with Crippen LogP contribution in [0.5, 0.6) is 0 Å². The third kappa shape index (κ3) is 2.47. The molecule has 2 aliphatic rings. The van der Waals surface area contributed by atoms with Gasteiger partial charge in [-0.15, -0.1) is 0 Å². The standard InChI is InChI=1S/C17H24N2O/c1-19(16(11-18)13-9-10-13)17(20)15-8-4-6-12-5-2-3-7-14(12)15/h2-3,5,7,13,15-16H,4,6,8-11,18H2,1H3. The van der Waals surface area contributed by atoms with E-state index < -0.39 is 0 Å². The van der Waals surface area contributed by atoms with Crippen LogP contribution >= 0.6 is 0 Å². The van der Waals surface area contributed by atoms with Crippen LogP contribution in [0.3, 0.4) is 0 Å². The fourth-order valence-corrected chi connectivity index (χ4v) is 3.57. The van der Waals surface area contributed by atoms with Crippen molar-refractivity contribution >= 4 is 5.91 Å². The zero-order valence-electron chi connectivity index (χ0n) is 12.2. The van der Waals surface area contributed by atoms with Crippen LogP contribution in [-0.2, 0) is 11.2 Å². The zero-order chi connectivity index (χ0) is 14.1. The van der Waals surface area contributed by atoms with Crippen LogP contribution in [0.25, 0.3) is 0 Å². The van der Waals surface area contributed by atoms with Crippen LogP contribution in [0.4, 0.5) is 0 Å². The predicted octanol–water partition coefficient (Wildman–Crippen LogP) is 2.30. The normalized spacial score (nSPS) is 23.0. The number of carbonyl (C=O) groups is 1. The van der Waals surface area contributed by atoms with Gasteiger partial charge < -0.3 is 10.6 Å². The van der Waals surface area contributed by atoms with E-state index in [0.29, 0.717) is 12.5 Å². The maximum Gasteiger partial charge on any atom is 0.230 e. The van der Waals surface area contributed by atoms with Gasteiger partial charge in [0.15, 0.2) is 0 Å². The second-order valence-corrected chi connectivity index (χ2v) is 6.23. The van der Waals surface area contributed by atoms with Crippen molar-refractivity contribution in [2.75, 3.05) is 13.6 Å². The van der Waals surface area contributed by atoms with Gasteiger partial charge in [0.25, 0.3) is 0 Å². The van der Waals surface area contributed by atoms with Crippen molar-refractivity contribution in [1.82, 2.24) is 4.90 Å². The number of likely N-dealkylation sites (N-methyl/N-ethyl adjacent to an activating group) is 1. The number of nitrogens with zero attached hydrogens (tertiary/aromatic N) is 1. The molecule has 2 N–H and O–H groups in total. The first kappa shape index (κ1) is 13.6. The Morgan fingerprint density at radius 3 is 2.80 bits per heavy atom. The molecule has 0 spiro atoms. The number of aryl methyl sites for hydroxylation is 1. The number of hydrogen-bond acceptors (Lipinski definition) is 2. The van der Waals surface area contributed by atoms with Crippen LogP contribution in [-0.4, -0.2) is 30.4 Å². The summed E-state index contributed by atoms with van der Waals surface area (Å²) in [5, 5.41) is 0. The average molecular weight is 272 g/mol. The van der Waals surface area contributed by atoms with E-state index >= 15 is 0 Å². The van der Waals surface area contributed by atoms with E-state index in [1.54, 1.807) is 0 Å². The van der Waals surface area contributed by atoms with Gasteiger partial charge in [-0.25, -0.2) is 0 Å². The first-order valence-electron chi connectivity index (χ1n) is 7.77. The van der Waals surface area contributed by atoms with Crippen LogP contribution in [0.1, 0.15) is 42.7 Å². The van der Waals surface area contributed by atoms with Crippen molar-refractivity contribution in [3.8, 4) is 0 Å². The lowest BCUT2D eigenvalue weighted by molar-refractivity contribution is -0.134. The molecular weight excluding hydrogens is 248 g/mol. The summed E-state index contributed by atoms with van der Waals surface area (Å²) >= 11 is 0. The van der Waals surface area contributed by atoms with Crippen molar-refractivity contribution in [2.45, 2.75) is 44.1 Å². The van der Waals surface area contributed by atoms with E-state index in [9.17, 15) is 4.79 Å².